The predicted octanol–water partition coefficient (Wildman–Crippen LogP) is 4.17. The summed E-state index contributed by atoms with van der Waals surface area (Å²) in [5, 5.41) is 1.21. The van der Waals surface area contributed by atoms with Crippen molar-refractivity contribution >= 4 is 16.8 Å². The van der Waals surface area contributed by atoms with Crippen LogP contribution in [0, 0.1) is 0 Å². The molecule has 5 nitrogen and oxygen atoms in total. The minimum Gasteiger partial charge on any atom is -0.486 e. The Hall–Kier alpha value is -2.95. The molecule has 0 spiro atoms. The Kier molecular flexibility index (Phi) is 4.43. The Bertz CT molecular complexity index is 1010. The summed E-state index contributed by atoms with van der Waals surface area (Å²) in [6, 6.07) is 16.6. The second-order valence-corrected chi connectivity index (χ2v) is 7.47. The van der Waals surface area contributed by atoms with Crippen LogP contribution in [-0.4, -0.2) is 35.1 Å². The molecule has 1 saturated heterocycles. The number of likely N-dealkylation sites (tertiary alicyclic amines) is 1. The van der Waals surface area contributed by atoms with Gasteiger partial charge in [-0.2, -0.15) is 0 Å². The molecule has 5 rings (SSSR count). The highest BCUT2D eigenvalue weighted by Crippen LogP contribution is 2.38. The number of ether oxygens (including phenoxy) is 2. The Balaban J connectivity index is 1.30. The van der Waals surface area contributed by atoms with Crippen LogP contribution >= 0.6 is 0 Å². The second kappa shape index (κ2) is 7.23. The first-order chi connectivity index (χ1) is 13.8. The van der Waals surface area contributed by atoms with E-state index >= 15 is 0 Å². The Morgan fingerprint density at radius 3 is 2.82 bits per heavy atom. The zero-order chi connectivity index (χ0) is 18.9. The average molecular weight is 376 g/mol. The van der Waals surface area contributed by atoms with Gasteiger partial charge in [-0.3, -0.25) is 4.79 Å². The van der Waals surface area contributed by atoms with Crippen molar-refractivity contribution in [2.45, 2.75) is 31.8 Å². The van der Waals surface area contributed by atoms with Gasteiger partial charge in [0.1, 0.15) is 13.2 Å². The predicted molar refractivity (Wildman–Crippen MR) is 108 cm³/mol. The number of hydrogen-bond donors (Lipinski definition) is 0. The van der Waals surface area contributed by atoms with Crippen LogP contribution in [0.1, 0.15) is 30.9 Å². The second-order valence-electron chi connectivity index (χ2n) is 7.47. The summed E-state index contributed by atoms with van der Waals surface area (Å²) in [5.74, 6) is 1.81. The van der Waals surface area contributed by atoms with E-state index < -0.39 is 0 Å². The van der Waals surface area contributed by atoms with Gasteiger partial charge in [0.25, 0.3) is 0 Å². The van der Waals surface area contributed by atoms with Crippen molar-refractivity contribution in [2.24, 2.45) is 0 Å². The highest BCUT2D eigenvalue weighted by Gasteiger charge is 2.30. The van der Waals surface area contributed by atoms with E-state index in [0.29, 0.717) is 26.2 Å². The molecule has 1 unspecified atom stereocenters. The van der Waals surface area contributed by atoms with Gasteiger partial charge in [-0.25, -0.2) is 0 Å². The summed E-state index contributed by atoms with van der Waals surface area (Å²) >= 11 is 0. The highest BCUT2D eigenvalue weighted by atomic mass is 16.6. The van der Waals surface area contributed by atoms with Crippen molar-refractivity contribution in [1.29, 1.82) is 0 Å². The number of carbonyl (C=O) groups excluding carboxylic acids is 1. The number of fused-ring (bicyclic) bond motifs is 2. The van der Waals surface area contributed by atoms with E-state index in [2.05, 4.69) is 35.0 Å². The number of amides is 1. The molecule has 1 aromatic heterocycles. The van der Waals surface area contributed by atoms with Crippen LogP contribution in [0.4, 0.5) is 0 Å². The number of rotatable bonds is 4. The maximum atomic E-state index is 13.0. The molecular formula is C23H24N2O3. The van der Waals surface area contributed by atoms with Gasteiger partial charge in [0.15, 0.2) is 11.5 Å². The van der Waals surface area contributed by atoms with E-state index in [-0.39, 0.29) is 11.9 Å². The molecule has 0 radical (unpaired) electrons. The lowest BCUT2D eigenvalue weighted by molar-refractivity contribution is -0.132. The van der Waals surface area contributed by atoms with Crippen LogP contribution in [0.15, 0.2) is 54.7 Å². The average Bonchev–Trinajstić information content (AvgIpc) is 3.39. The van der Waals surface area contributed by atoms with Crippen molar-refractivity contribution in [2.75, 3.05) is 19.8 Å². The van der Waals surface area contributed by atoms with Crippen LogP contribution < -0.4 is 9.47 Å². The Morgan fingerprint density at radius 2 is 1.89 bits per heavy atom. The monoisotopic (exact) mass is 376 g/mol. The number of aromatic nitrogens is 1. The maximum Gasteiger partial charge on any atom is 0.224 e. The van der Waals surface area contributed by atoms with Gasteiger partial charge >= 0.3 is 0 Å². The van der Waals surface area contributed by atoms with Crippen molar-refractivity contribution in [3.63, 3.8) is 0 Å². The SMILES string of the molecule is O=C(CCn1ccc2ccccc21)N1CCCC1c1ccc2c(c1)OCCO2. The standard InChI is InChI=1S/C23H24N2O3/c26-23(10-13-24-12-9-17-4-1-2-5-19(17)24)25-11-3-6-20(25)18-7-8-21-22(16-18)28-15-14-27-21/h1-2,4-5,7-9,12,16,20H,3,6,10-11,13-15H2. The molecule has 0 aliphatic carbocycles. The molecule has 1 amide bonds. The summed E-state index contributed by atoms with van der Waals surface area (Å²) in [6.07, 6.45) is 4.62. The number of benzene rings is 2. The van der Waals surface area contributed by atoms with Gasteiger partial charge in [-0.05, 0) is 48.1 Å². The summed E-state index contributed by atoms with van der Waals surface area (Å²) < 4.78 is 13.5. The summed E-state index contributed by atoms with van der Waals surface area (Å²) in [6.45, 7) is 2.70. The third kappa shape index (κ3) is 3.11. The van der Waals surface area contributed by atoms with E-state index in [4.69, 9.17) is 9.47 Å². The van der Waals surface area contributed by atoms with E-state index in [1.54, 1.807) is 0 Å². The molecule has 0 N–H and O–H groups in total. The van der Waals surface area contributed by atoms with E-state index in [1.165, 1.54) is 10.9 Å². The third-order valence-electron chi connectivity index (χ3n) is 5.77. The quantitative estimate of drug-likeness (QED) is 0.687. The van der Waals surface area contributed by atoms with Gasteiger partial charge < -0.3 is 18.9 Å². The summed E-state index contributed by atoms with van der Waals surface area (Å²) in [7, 11) is 0. The fraction of sp³-hybridized carbons (Fsp3) is 0.348. The first-order valence-electron chi connectivity index (χ1n) is 10.0. The number of para-hydroxylation sites is 1. The number of hydrogen-bond acceptors (Lipinski definition) is 3. The van der Waals surface area contributed by atoms with Crippen molar-refractivity contribution in [3.8, 4) is 11.5 Å². The minimum absolute atomic E-state index is 0.129. The van der Waals surface area contributed by atoms with E-state index in [0.717, 1.165) is 36.4 Å². The zero-order valence-corrected chi connectivity index (χ0v) is 15.8. The van der Waals surface area contributed by atoms with Crippen molar-refractivity contribution < 1.29 is 14.3 Å². The van der Waals surface area contributed by atoms with Crippen molar-refractivity contribution in [3.05, 3.63) is 60.3 Å². The van der Waals surface area contributed by atoms with Crippen LogP contribution in [0.25, 0.3) is 10.9 Å². The fourth-order valence-electron chi connectivity index (χ4n) is 4.37. The molecule has 1 fully saturated rings. The molecule has 2 aliphatic rings. The van der Waals surface area contributed by atoms with Gasteiger partial charge in [0.05, 0.1) is 6.04 Å². The van der Waals surface area contributed by atoms with Crippen LogP contribution in [0.3, 0.4) is 0 Å². The van der Waals surface area contributed by atoms with Gasteiger partial charge in [0, 0.05) is 31.2 Å². The highest BCUT2D eigenvalue weighted by molar-refractivity contribution is 5.81. The number of nitrogens with zero attached hydrogens (tertiary/aromatic N) is 2. The molecule has 144 valence electrons. The topological polar surface area (TPSA) is 43.7 Å². The molecular weight excluding hydrogens is 352 g/mol. The zero-order valence-electron chi connectivity index (χ0n) is 15.8. The molecule has 0 bridgehead atoms. The molecule has 2 aliphatic heterocycles. The largest absolute Gasteiger partial charge is 0.486 e. The minimum atomic E-state index is 0.129. The van der Waals surface area contributed by atoms with Crippen molar-refractivity contribution in [1.82, 2.24) is 9.47 Å². The van der Waals surface area contributed by atoms with Gasteiger partial charge in [-0.1, -0.05) is 24.3 Å². The third-order valence-corrected chi connectivity index (χ3v) is 5.77. The maximum absolute atomic E-state index is 13.0. The molecule has 3 heterocycles. The normalized spacial score (nSPS) is 18.6. The Morgan fingerprint density at radius 1 is 1.04 bits per heavy atom. The summed E-state index contributed by atoms with van der Waals surface area (Å²) in [4.78, 5) is 15.0. The first-order valence-corrected chi connectivity index (χ1v) is 10.0. The van der Waals surface area contributed by atoms with Crippen LogP contribution in [-0.2, 0) is 11.3 Å². The van der Waals surface area contributed by atoms with E-state index in [1.807, 2.05) is 29.2 Å². The molecule has 5 heteroatoms. The van der Waals surface area contributed by atoms with Gasteiger partial charge in [-0.15, -0.1) is 0 Å². The van der Waals surface area contributed by atoms with Crippen LogP contribution in [0.2, 0.25) is 0 Å². The lowest BCUT2D eigenvalue weighted by Crippen LogP contribution is -2.31. The fourth-order valence-corrected chi connectivity index (χ4v) is 4.37. The van der Waals surface area contributed by atoms with Crippen LogP contribution in [0.5, 0.6) is 11.5 Å². The lowest BCUT2D eigenvalue weighted by Gasteiger charge is -2.27. The number of aryl methyl sites for hydroxylation is 1. The Labute approximate surface area is 164 Å². The first kappa shape index (κ1) is 17.2. The molecule has 1 atom stereocenters. The van der Waals surface area contributed by atoms with E-state index in [9.17, 15) is 4.79 Å². The molecule has 3 aromatic rings. The lowest BCUT2D eigenvalue weighted by atomic mass is 10.0. The number of carbonyl (C=O) groups is 1. The smallest absolute Gasteiger partial charge is 0.224 e. The molecule has 2 aromatic carbocycles. The summed E-state index contributed by atoms with van der Waals surface area (Å²) in [5.41, 5.74) is 2.32. The molecule has 0 saturated carbocycles. The van der Waals surface area contributed by atoms with Gasteiger partial charge in [0.2, 0.25) is 5.91 Å². The molecule has 28 heavy (non-hydrogen) atoms.